The van der Waals surface area contributed by atoms with Gasteiger partial charge in [0.15, 0.2) is 11.6 Å². The van der Waals surface area contributed by atoms with Crippen LogP contribution in [0.2, 0.25) is 5.02 Å². The summed E-state index contributed by atoms with van der Waals surface area (Å²) in [5.74, 6) is -1.93. The standard InChI is InChI=1S/C14H11BrClF2NO/c15-9-2-3-10(16)13(6-9)19-7-14(20)8-1-4-11(17)12(18)5-8/h1-6,14,19-20H,7H2. The maximum atomic E-state index is 13.1. The summed E-state index contributed by atoms with van der Waals surface area (Å²) < 4.78 is 26.7. The molecule has 0 heterocycles. The Kier molecular flexibility index (Phi) is 4.96. The lowest BCUT2D eigenvalue weighted by Gasteiger charge is -2.14. The molecule has 0 aliphatic carbocycles. The first kappa shape index (κ1) is 15.2. The number of hydrogen-bond donors (Lipinski definition) is 2. The Morgan fingerprint density at radius 1 is 1.15 bits per heavy atom. The largest absolute Gasteiger partial charge is 0.387 e. The summed E-state index contributed by atoms with van der Waals surface area (Å²) >= 11 is 9.31. The van der Waals surface area contributed by atoms with Crippen molar-refractivity contribution in [2.45, 2.75) is 6.10 Å². The molecule has 2 N–H and O–H groups in total. The molecule has 106 valence electrons. The van der Waals surface area contributed by atoms with Crippen molar-refractivity contribution in [1.82, 2.24) is 0 Å². The first-order chi connectivity index (χ1) is 9.47. The molecule has 0 radical (unpaired) electrons. The lowest BCUT2D eigenvalue weighted by molar-refractivity contribution is 0.191. The number of rotatable bonds is 4. The van der Waals surface area contributed by atoms with Gasteiger partial charge in [0.2, 0.25) is 0 Å². The highest BCUT2D eigenvalue weighted by Gasteiger charge is 2.11. The highest BCUT2D eigenvalue weighted by atomic mass is 79.9. The van der Waals surface area contributed by atoms with Gasteiger partial charge in [-0.25, -0.2) is 8.78 Å². The van der Waals surface area contributed by atoms with Crippen molar-refractivity contribution in [3.8, 4) is 0 Å². The van der Waals surface area contributed by atoms with E-state index in [1.54, 1.807) is 18.2 Å². The first-order valence-corrected chi connectivity index (χ1v) is 6.96. The first-order valence-electron chi connectivity index (χ1n) is 5.79. The molecule has 6 heteroatoms. The Morgan fingerprint density at radius 2 is 1.90 bits per heavy atom. The fraction of sp³-hybridized carbons (Fsp3) is 0.143. The van der Waals surface area contributed by atoms with Gasteiger partial charge in [-0.05, 0) is 35.9 Å². The van der Waals surface area contributed by atoms with Crippen LogP contribution < -0.4 is 5.32 Å². The molecular weight excluding hydrogens is 352 g/mol. The quantitative estimate of drug-likeness (QED) is 0.838. The number of nitrogens with one attached hydrogen (secondary N) is 1. The summed E-state index contributed by atoms with van der Waals surface area (Å²) in [6.45, 7) is 0.126. The molecule has 1 unspecified atom stereocenters. The van der Waals surface area contributed by atoms with Crippen molar-refractivity contribution in [1.29, 1.82) is 0 Å². The fourth-order valence-corrected chi connectivity index (χ4v) is 2.22. The molecule has 0 saturated heterocycles. The molecule has 0 spiro atoms. The fourth-order valence-electron chi connectivity index (χ4n) is 1.68. The predicted octanol–water partition coefficient (Wildman–Crippen LogP) is 4.53. The maximum Gasteiger partial charge on any atom is 0.159 e. The zero-order valence-corrected chi connectivity index (χ0v) is 12.5. The van der Waals surface area contributed by atoms with Crippen LogP contribution >= 0.6 is 27.5 Å². The molecule has 0 bridgehead atoms. The van der Waals surface area contributed by atoms with E-state index in [1.807, 2.05) is 0 Å². The summed E-state index contributed by atoms with van der Waals surface area (Å²) in [6, 6.07) is 8.56. The normalized spacial score (nSPS) is 12.2. The molecule has 1 atom stereocenters. The topological polar surface area (TPSA) is 32.3 Å². The lowest BCUT2D eigenvalue weighted by atomic mass is 10.1. The zero-order chi connectivity index (χ0) is 14.7. The van der Waals surface area contributed by atoms with Gasteiger partial charge in [0.25, 0.3) is 0 Å². The average molecular weight is 363 g/mol. The molecular formula is C14H11BrClF2NO. The molecule has 2 aromatic carbocycles. The van der Waals surface area contributed by atoms with Crippen LogP contribution in [0.1, 0.15) is 11.7 Å². The minimum atomic E-state index is -0.984. The van der Waals surface area contributed by atoms with E-state index in [2.05, 4.69) is 21.2 Å². The number of anilines is 1. The predicted molar refractivity (Wildman–Crippen MR) is 79.0 cm³/mol. The summed E-state index contributed by atoms with van der Waals surface area (Å²) in [7, 11) is 0. The van der Waals surface area contributed by atoms with Gasteiger partial charge >= 0.3 is 0 Å². The molecule has 2 nitrogen and oxygen atoms in total. The molecule has 0 aliphatic rings. The van der Waals surface area contributed by atoms with Gasteiger partial charge in [0, 0.05) is 11.0 Å². The SMILES string of the molecule is OC(CNc1cc(Br)ccc1Cl)c1ccc(F)c(F)c1. The molecule has 0 aliphatic heterocycles. The van der Waals surface area contributed by atoms with Crippen LogP contribution in [-0.2, 0) is 0 Å². The highest BCUT2D eigenvalue weighted by Crippen LogP contribution is 2.26. The number of aliphatic hydroxyl groups is 1. The Bertz CT molecular complexity index is 624. The minimum Gasteiger partial charge on any atom is -0.387 e. The van der Waals surface area contributed by atoms with Crippen molar-refractivity contribution in [2.75, 3.05) is 11.9 Å². The number of benzene rings is 2. The molecule has 0 fully saturated rings. The van der Waals surface area contributed by atoms with Crippen LogP contribution in [0.3, 0.4) is 0 Å². The third-order valence-electron chi connectivity index (χ3n) is 2.74. The Morgan fingerprint density at radius 3 is 2.60 bits per heavy atom. The summed E-state index contributed by atoms with van der Waals surface area (Å²) in [4.78, 5) is 0. The van der Waals surface area contributed by atoms with Crippen LogP contribution in [-0.4, -0.2) is 11.7 Å². The van der Waals surface area contributed by atoms with Gasteiger partial charge in [-0.3, -0.25) is 0 Å². The monoisotopic (exact) mass is 361 g/mol. The lowest BCUT2D eigenvalue weighted by Crippen LogP contribution is -2.12. The van der Waals surface area contributed by atoms with E-state index in [-0.39, 0.29) is 6.54 Å². The third kappa shape index (κ3) is 3.69. The second-order valence-electron chi connectivity index (χ2n) is 4.19. The van der Waals surface area contributed by atoms with Gasteiger partial charge < -0.3 is 10.4 Å². The van der Waals surface area contributed by atoms with E-state index >= 15 is 0 Å². The molecule has 0 amide bonds. The van der Waals surface area contributed by atoms with E-state index in [0.29, 0.717) is 16.3 Å². The van der Waals surface area contributed by atoms with E-state index < -0.39 is 17.7 Å². The highest BCUT2D eigenvalue weighted by molar-refractivity contribution is 9.10. The van der Waals surface area contributed by atoms with Gasteiger partial charge in [0.1, 0.15) is 0 Å². The number of aliphatic hydroxyl groups excluding tert-OH is 1. The summed E-state index contributed by atoms with van der Waals surface area (Å²) in [5.41, 5.74) is 0.935. The smallest absolute Gasteiger partial charge is 0.159 e. The molecule has 0 saturated carbocycles. The number of hydrogen-bond acceptors (Lipinski definition) is 2. The Balaban J connectivity index is 2.06. The van der Waals surface area contributed by atoms with E-state index in [1.165, 1.54) is 6.07 Å². The maximum absolute atomic E-state index is 13.1. The van der Waals surface area contributed by atoms with Crippen LogP contribution in [0.25, 0.3) is 0 Å². The average Bonchev–Trinajstić information content (AvgIpc) is 2.42. The minimum absolute atomic E-state index is 0.126. The molecule has 2 aromatic rings. The van der Waals surface area contributed by atoms with Crippen molar-refractivity contribution < 1.29 is 13.9 Å². The number of halogens is 4. The Hall–Kier alpha value is -1.17. The van der Waals surface area contributed by atoms with Crippen molar-refractivity contribution in [3.63, 3.8) is 0 Å². The van der Waals surface area contributed by atoms with Gasteiger partial charge in [-0.1, -0.05) is 33.6 Å². The van der Waals surface area contributed by atoms with E-state index in [0.717, 1.165) is 16.6 Å². The van der Waals surface area contributed by atoms with Crippen molar-refractivity contribution in [3.05, 3.63) is 63.1 Å². The second-order valence-corrected chi connectivity index (χ2v) is 5.52. The zero-order valence-electron chi connectivity index (χ0n) is 10.2. The molecule has 20 heavy (non-hydrogen) atoms. The Labute approximate surface area is 128 Å². The van der Waals surface area contributed by atoms with Crippen LogP contribution in [0, 0.1) is 11.6 Å². The summed E-state index contributed by atoms with van der Waals surface area (Å²) in [5, 5.41) is 13.4. The van der Waals surface area contributed by atoms with Crippen LogP contribution in [0.5, 0.6) is 0 Å². The van der Waals surface area contributed by atoms with Crippen LogP contribution in [0.4, 0.5) is 14.5 Å². The van der Waals surface area contributed by atoms with Crippen LogP contribution in [0.15, 0.2) is 40.9 Å². The molecule has 0 aromatic heterocycles. The van der Waals surface area contributed by atoms with Crippen molar-refractivity contribution >= 4 is 33.2 Å². The van der Waals surface area contributed by atoms with Crippen molar-refractivity contribution in [2.24, 2.45) is 0 Å². The van der Waals surface area contributed by atoms with Gasteiger partial charge in [0.05, 0.1) is 16.8 Å². The van der Waals surface area contributed by atoms with Gasteiger partial charge in [-0.2, -0.15) is 0 Å². The third-order valence-corrected chi connectivity index (χ3v) is 3.57. The van der Waals surface area contributed by atoms with Gasteiger partial charge in [-0.15, -0.1) is 0 Å². The molecule has 2 rings (SSSR count). The second kappa shape index (κ2) is 6.52. The van der Waals surface area contributed by atoms with E-state index in [9.17, 15) is 13.9 Å². The van der Waals surface area contributed by atoms with E-state index in [4.69, 9.17) is 11.6 Å². The summed E-state index contributed by atoms with van der Waals surface area (Å²) in [6.07, 6.45) is -0.972.